The molecule has 0 aromatic heterocycles. The molecule has 0 saturated carbocycles. The van der Waals surface area contributed by atoms with E-state index in [1.807, 2.05) is 36.4 Å². The molecule has 30 heavy (non-hydrogen) atoms. The molecule has 0 atom stereocenters. The number of benzene rings is 6. The molecule has 0 heterocycles. The monoisotopic (exact) mass is 386 g/mol. The Balaban J connectivity index is 1.49. The summed E-state index contributed by atoms with van der Waals surface area (Å²) in [7, 11) is 0. The van der Waals surface area contributed by atoms with Crippen molar-refractivity contribution in [2.24, 2.45) is 0 Å². The summed E-state index contributed by atoms with van der Waals surface area (Å²) in [6.07, 6.45) is 0. The van der Waals surface area contributed by atoms with Crippen LogP contribution in [0.15, 0.2) is 109 Å². The first-order valence-electron chi connectivity index (χ1n) is 10.0. The Labute approximate surface area is 173 Å². The summed E-state index contributed by atoms with van der Waals surface area (Å²) < 4.78 is 0. The molecule has 6 rings (SSSR count). The summed E-state index contributed by atoms with van der Waals surface area (Å²) in [4.78, 5) is 11.9. The summed E-state index contributed by atoms with van der Waals surface area (Å²) in [5.74, 6) is 1.42. The lowest BCUT2D eigenvalue weighted by atomic mass is 10.0. The first kappa shape index (κ1) is 16.9. The van der Waals surface area contributed by atoms with E-state index in [0.29, 0.717) is 11.5 Å². The maximum absolute atomic E-state index is 5.97. The van der Waals surface area contributed by atoms with Gasteiger partial charge in [-0.1, -0.05) is 97.1 Å². The van der Waals surface area contributed by atoms with E-state index >= 15 is 0 Å². The lowest BCUT2D eigenvalue weighted by Gasteiger charge is -2.13. The molecule has 6 aromatic carbocycles. The average molecular weight is 386 g/mol. The smallest absolute Gasteiger partial charge is 0.187 e. The van der Waals surface area contributed by atoms with Crippen molar-refractivity contribution in [1.29, 1.82) is 0 Å². The van der Waals surface area contributed by atoms with Crippen LogP contribution < -0.4 is 9.78 Å². The first-order valence-corrected chi connectivity index (χ1v) is 10.0. The third-order valence-electron chi connectivity index (χ3n) is 5.68. The van der Waals surface area contributed by atoms with Gasteiger partial charge in [-0.15, -0.1) is 0 Å². The Morgan fingerprint density at radius 2 is 0.667 bits per heavy atom. The van der Waals surface area contributed by atoms with Crippen molar-refractivity contribution < 1.29 is 9.78 Å². The minimum Gasteiger partial charge on any atom is -0.289 e. The van der Waals surface area contributed by atoms with Crippen molar-refractivity contribution >= 4 is 43.1 Å². The van der Waals surface area contributed by atoms with E-state index in [-0.39, 0.29) is 0 Å². The van der Waals surface area contributed by atoms with Crippen molar-refractivity contribution in [1.82, 2.24) is 0 Å². The van der Waals surface area contributed by atoms with Crippen LogP contribution in [0.3, 0.4) is 0 Å². The molecule has 0 bridgehead atoms. The number of fused-ring (bicyclic) bond motifs is 6. The van der Waals surface area contributed by atoms with Crippen LogP contribution in [0, 0.1) is 0 Å². The molecule has 2 nitrogen and oxygen atoms in total. The van der Waals surface area contributed by atoms with Crippen LogP contribution in [0.25, 0.3) is 43.1 Å². The molecule has 0 aliphatic heterocycles. The van der Waals surface area contributed by atoms with Crippen LogP contribution in [0.4, 0.5) is 0 Å². The van der Waals surface area contributed by atoms with Gasteiger partial charge in [0.25, 0.3) is 0 Å². The van der Waals surface area contributed by atoms with Crippen molar-refractivity contribution in [2.45, 2.75) is 0 Å². The normalized spacial score (nSPS) is 11.3. The van der Waals surface area contributed by atoms with E-state index in [1.54, 1.807) is 0 Å². The number of hydrogen-bond donors (Lipinski definition) is 0. The molecule has 0 spiro atoms. The second kappa shape index (κ2) is 6.78. The van der Waals surface area contributed by atoms with Crippen LogP contribution >= 0.6 is 0 Å². The van der Waals surface area contributed by atoms with Crippen molar-refractivity contribution in [3.63, 3.8) is 0 Å². The van der Waals surface area contributed by atoms with E-state index in [9.17, 15) is 0 Å². The van der Waals surface area contributed by atoms with E-state index in [1.165, 1.54) is 10.8 Å². The van der Waals surface area contributed by atoms with E-state index in [0.717, 1.165) is 32.3 Å². The fourth-order valence-corrected chi connectivity index (χ4v) is 4.27. The highest BCUT2D eigenvalue weighted by Gasteiger charge is 2.12. The van der Waals surface area contributed by atoms with Crippen LogP contribution in [0.1, 0.15) is 0 Å². The Morgan fingerprint density at radius 1 is 0.333 bits per heavy atom. The van der Waals surface area contributed by atoms with Crippen molar-refractivity contribution in [3.8, 4) is 11.5 Å². The van der Waals surface area contributed by atoms with Crippen LogP contribution in [-0.2, 0) is 0 Å². The van der Waals surface area contributed by atoms with Gasteiger partial charge in [-0.2, -0.15) is 0 Å². The van der Waals surface area contributed by atoms with Gasteiger partial charge in [0, 0.05) is 10.8 Å². The topological polar surface area (TPSA) is 18.5 Å². The van der Waals surface area contributed by atoms with E-state index in [4.69, 9.17) is 9.78 Å². The highest BCUT2D eigenvalue weighted by atomic mass is 17.2. The number of rotatable bonds is 3. The van der Waals surface area contributed by atoms with Gasteiger partial charge in [0.1, 0.15) is 0 Å². The lowest BCUT2D eigenvalue weighted by molar-refractivity contribution is -0.0966. The maximum atomic E-state index is 5.97. The van der Waals surface area contributed by atoms with Crippen LogP contribution in [0.5, 0.6) is 11.5 Å². The van der Waals surface area contributed by atoms with E-state index in [2.05, 4.69) is 72.8 Å². The van der Waals surface area contributed by atoms with Gasteiger partial charge in [0.2, 0.25) is 0 Å². The summed E-state index contributed by atoms with van der Waals surface area (Å²) in [6, 6.07) is 37.3. The van der Waals surface area contributed by atoms with Crippen LogP contribution in [-0.4, -0.2) is 0 Å². The van der Waals surface area contributed by atoms with Gasteiger partial charge in [-0.25, -0.2) is 0 Å². The van der Waals surface area contributed by atoms with Crippen molar-refractivity contribution in [3.05, 3.63) is 109 Å². The molecular weight excluding hydrogens is 368 g/mol. The Kier molecular flexibility index (Phi) is 3.82. The first-order chi connectivity index (χ1) is 14.9. The third-order valence-corrected chi connectivity index (χ3v) is 5.68. The van der Waals surface area contributed by atoms with E-state index < -0.39 is 0 Å². The molecule has 142 valence electrons. The third kappa shape index (κ3) is 2.66. The molecular formula is C28H18O2. The zero-order valence-electron chi connectivity index (χ0n) is 16.2. The standard InChI is InChI=1S/C28H18O2/c1-3-11-21-19(9-1)17-27(25-15-7-5-13-23(21)25)29-30-28-18-20-10-2-4-12-22(20)24-14-6-8-16-26(24)28/h1-18H. The zero-order valence-corrected chi connectivity index (χ0v) is 16.2. The highest BCUT2D eigenvalue weighted by molar-refractivity contribution is 6.11. The van der Waals surface area contributed by atoms with Crippen molar-refractivity contribution in [2.75, 3.05) is 0 Å². The fourth-order valence-electron chi connectivity index (χ4n) is 4.27. The SMILES string of the molecule is c1ccc2c(c1)cc(OOc1cc3ccccc3c3ccccc13)c1ccccc12. The molecule has 0 N–H and O–H groups in total. The lowest BCUT2D eigenvalue weighted by Crippen LogP contribution is -2.02. The Hall–Kier alpha value is -4.04. The number of hydrogen-bond acceptors (Lipinski definition) is 2. The second-order valence-corrected chi connectivity index (χ2v) is 7.45. The molecule has 6 aromatic rings. The predicted molar refractivity (Wildman–Crippen MR) is 124 cm³/mol. The minimum absolute atomic E-state index is 0.710. The Morgan fingerprint density at radius 3 is 1.10 bits per heavy atom. The Bertz CT molecular complexity index is 1430. The minimum atomic E-state index is 0.710. The largest absolute Gasteiger partial charge is 0.289 e. The summed E-state index contributed by atoms with van der Waals surface area (Å²) in [5.41, 5.74) is 0. The molecule has 0 aliphatic rings. The summed E-state index contributed by atoms with van der Waals surface area (Å²) in [6.45, 7) is 0. The van der Waals surface area contributed by atoms with Gasteiger partial charge >= 0.3 is 0 Å². The van der Waals surface area contributed by atoms with Gasteiger partial charge in [0.05, 0.1) is 0 Å². The van der Waals surface area contributed by atoms with Gasteiger partial charge in [-0.3, -0.25) is 9.78 Å². The molecule has 2 heteroatoms. The molecule has 0 amide bonds. The predicted octanol–water partition coefficient (Wildman–Crippen LogP) is 7.67. The molecule has 0 aliphatic carbocycles. The molecule has 0 unspecified atom stereocenters. The summed E-state index contributed by atoms with van der Waals surface area (Å²) >= 11 is 0. The van der Waals surface area contributed by atoms with Crippen LogP contribution in [0.2, 0.25) is 0 Å². The van der Waals surface area contributed by atoms with Gasteiger partial charge < -0.3 is 0 Å². The fraction of sp³-hybridized carbons (Fsp3) is 0. The summed E-state index contributed by atoms with van der Waals surface area (Å²) in [5, 5.41) is 9.02. The highest BCUT2D eigenvalue weighted by Crippen LogP contribution is 2.36. The molecule has 0 radical (unpaired) electrons. The zero-order chi connectivity index (χ0) is 19.9. The average Bonchev–Trinajstić information content (AvgIpc) is 2.82. The van der Waals surface area contributed by atoms with Gasteiger partial charge in [-0.05, 0) is 44.5 Å². The molecule has 0 fully saturated rings. The van der Waals surface area contributed by atoms with Gasteiger partial charge in [0.15, 0.2) is 11.5 Å². The second-order valence-electron chi connectivity index (χ2n) is 7.45. The molecule has 0 saturated heterocycles. The quantitative estimate of drug-likeness (QED) is 0.176. The maximum Gasteiger partial charge on any atom is 0.187 e.